The second-order valence-electron chi connectivity index (χ2n) is 7.98. The normalized spacial score (nSPS) is 23.5. The monoisotopic (exact) mass is 408 g/mol. The van der Waals surface area contributed by atoms with E-state index in [0.29, 0.717) is 12.2 Å². The Morgan fingerprint density at radius 1 is 0.920 bits per heavy atom. The van der Waals surface area contributed by atoms with Crippen LogP contribution in [0.1, 0.15) is 12.8 Å². The van der Waals surface area contributed by atoms with Crippen LogP contribution in [0.25, 0.3) is 0 Å². The second-order valence-corrected chi connectivity index (χ2v) is 17.9. The molecule has 0 aliphatic carbocycles. The smallest absolute Gasteiger partial charge is 0.310 e. The summed E-state index contributed by atoms with van der Waals surface area (Å²) in [5.74, 6) is 0. The molecular formula is C16H36O6Si3. The van der Waals surface area contributed by atoms with E-state index in [1.807, 2.05) is 0 Å². The lowest BCUT2D eigenvalue weighted by Gasteiger charge is -2.33. The van der Waals surface area contributed by atoms with E-state index in [-0.39, 0.29) is 0 Å². The molecule has 0 aromatic rings. The van der Waals surface area contributed by atoms with Crippen molar-refractivity contribution in [3.8, 4) is 0 Å². The lowest BCUT2D eigenvalue weighted by Crippen LogP contribution is -2.47. The Morgan fingerprint density at radius 2 is 1.48 bits per heavy atom. The van der Waals surface area contributed by atoms with Crippen molar-refractivity contribution in [1.29, 1.82) is 0 Å². The maximum atomic E-state index is 6.50. The van der Waals surface area contributed by atoms with Crippen LogP contribution >= 0.6 is 0 Å². The first-order chi connectivity index (χ1) is 11.9. The zero-order chi connectivity index (χ0) is 18.2. The first kappa shape index (κ1) is 21.7. The Kier molecular flexibility index (Phi) is 9.26. The Balaban J connectivity index is 1.46. The van der Waals surface area contributed by atoms with Gasteiger partial charge in [0, 0.05) is 13.2 Å². The highest BCUT2D eigenvalue weighted by Gasteiger charge is 2.34. The van der Waals surface area contributed by atoms with Crippen LogP contribution in [0.4, 0.5) is 0 Å². The molecule has 0 N–H and O–H groups in total. The van der Waals surface area contributed by atoms with E-state index in [0.717, 1.165) is 64.6 Å². The average molecular weight is 409 g/mol. The summed E-state index contributed by atoms with van der Waals surface area (Å²) in [5.41, 5.74) is 0. The van der Waals surface area contributed by atoms with E-state index >= 15 is 0 Å². The van der Waals surface area contributed by atoms with Gasteiger partial charge in [-0.05, 0) is 51.1 Å². The number of rotatable bonds is 16. The molecule has 0 aromatic carbocycles. The zero-order valence-corrected chi connectivity index (χ0v) is 19.8. The van der Waals surface area contributed by atoms with Gasteiger partial charge in [0.25, 0.3) is 0 Å². The summed E-state index contributed by atoms with van der Waals surface area (Å²) >= 11 is 0. The van der Waals surface area contributed by atoms with Crippen LogP contribution in [0.5, 0.6) is 0 Å². The van der Waals surface area contributed by atoms with Crippen LogP contribution in [0.2, 0.25) is 38.3 Å². The van der Waals surface area contributed by atoms with Gasteiger partial charge in [0.05, 0.1) is 26.4 Å². The van der Waals surface area contributed by atoms with Crippen LogP contribution < -0.4 is 0 Å². The highest BCUT2D eigenvalue weighted by Crippen LogP contribution is 2.21. The maximum Gasteiger partial charge on any atom is 0.310 e. The largest absolute Gasteiger partial charge is 0.442 e. The molecule has 0 amide bonds. The van der Waals surface area contributed by atoms with Crippen molar-refractivity contribution in [2.24, 2.45) is 0 Å². The first-order valence-corrected chi connectivity index (χ1v) is 17.1. The summed E-state index contributed by atoms with van der Waals surface area (Å²) in [5, 5.41) is 0. The summed E-state index contributed by atoms with van der Waals surface area (Å²) in [7, 11) is -4.18. The Hall–Kier alpha value is 0.411. The first-order valence-electron chi connectivity index (χ1n) is 9.59. The molecule has 2 unspecified atom stereocenters. The fourth-order valence-corrected chi connectivity index (χ4v) is 13.2. The van der Waals surface area contributed by atoms with Crippen molar-refractivity contribution in [1.82, 2.24) is 0 Å². The van der Waals surface area contributed by atoms with Crippen LogP contribution in [0.15, 0.2) is 0 Å². The molecule has 2 atom stereocenters. The Labute approximate surface area is 157 Å². The van der Waals surface area contributed by atoms with Gasteiger partial charge >= 0.3 is 8.56 Å². The molecule has 0 saturated carbocycles. The van der Waals surface area contributed by atoms with Gasteiger partial charge in [-0.1, -0.05) is 0 Å². The van der Waals surface area contributed by atoms with Crippen molar-refractivity contribution in [2.75, 3.05) is 39.6 Å². The SMILES string of the molecule is C[Si](C)(CCCOCC1CO1)O[Si](C)(C)O[SiH2]CCCOCC1CO1. The quantitative estimate of drug-likeness (QED) is 0.221. The predicted octanol–water partition coefficient (Wildman–Crippen LogP) is 2.04. The molecule has 2 heterocycles. The van der Waals surface area contributed by atoms with Gasteiger partial charge in [-0.2, -0.15) is 0 Å². The molecule has 25 heavy (non-hydrogen) atoms. The Bertz CT molecular complexity index is 375. The topological polar surface area (TPSA) is 62.0 Å². The van der Waals surface area contributed by atoms with Crippen molar-refractivity contribution < 1.29 is 27.2 Å². The number of epoxide rings is 2. The fourth-order valence-electron chi connectivity index (χ4n) is 2.73. The summed E-state index contributed by atoms with van der Waals surface area (Å²) in [6, 6.07) is 2.28. The average Bonchev–Trinajstić information content (AvgIpc) is 3.39. The molecule has 2 rings (SSSR count). The molecule has 0 bridgehead atoms. The summed E-state index contributed by atoms with van der Waals surface area (Å²) in [6.07, 6.45) is 2.88. The van der Waals surface area contributed by atoms with Crippen LogP contribution in [0, 0.1) is 0 Å². The minimum atomic E-state index is -1.99. The van der Waals surface area contributed by atoms with Gasteiger partial charge in [0.2, 0.25) is 0 Å². The molecule has 2 saturated heterocycles. The van der Waals surface area contributed by atoms with E-state index in [9.17, 15) is 0 Å². The van der Waals surface area contributed by atoms with Crippen LogP contribution in [-0.2, 0) is 27.2 Å². The lowest BCUT2D eigenvalue weighted by molar-refractivity contribution is 0.116. The van der Waals surface area contributed by atoms with Crippen molar-refractivity contribution in [3.63, 3.8) is 0 Å². The third-order valence-corrected chi connectivity index (χ3v) is 14.3. The fraction of sp³-hybridized carbons (Fsp3) is 1.00. The van der Waals surface area contributed by atoms with Gasteiger partial charge in [0.15, 0.2) is 8.32 Å². The van der Waals surface area contributed by atoms with E-state index in [2.05, 4.69) is 26.2 Å². The van der Waals surface area contributed by atoms with Gasteiger partial charge < -0.3 is 27.2 Å². The highest BCUT2D eigenvalue weighted by atomic mass is 28.5. The standard InChI is InChI=1S/C16H36O6Si3/c1-24(2,10-6-8-18-12-16-14-20-16)22-25(3,4)21-23-9-5-7-17-11-15-13-19-15/h15-16H,5-14,23H2,1-4H3. The zero-order valence-electron chi connectivity index (χ0n) is 16.4. The maximum absolute atomic E-state index is 6.50. The second kappa shape index (κ2) is 10.7. The molecule has 148 valence electrons. The van der Waals surface area contributed by atoms with Crippen molar-refractivity contribution in [3.05, 3.63) is 0 Å². The van der Waals surface area contributed by atoms with Gasteiger partial charge in [-0.15, -0.1) is 0 Å². The van der Waals surface area contributed by atoms with E-state index in [1.54, 1.807) is 0 Å². The van der Waals surface area contributed by atoms with Crippen molar-refractivity contribution in [2.45, 2.75) is 63.3 Å². The lowest BCUT2D eigenvalue weighted by atomic mass is 10.5. The van der Waals surface area contributed by atoms with E-state index in [4.69, 9.17) is 27.2 Å². The number of ether oxygens (including phenoxy) is 4. The number of hydrogen-bond acceptors (Lipinski definition) is 6. The van der Waals surface area contributed by atoms with Gasteiger partial charge in [-0.25, -0.2) is 0 Å². The molecule has 9 heteroatoms. The molecule has 0 spiro atoms. The molecule has 0 aromatic heterocycles. The molecule has 2 aliphatic rings. The number of hydrogen-bond donors (Lipinski definition) is 0. The molecule has 2 fully saturated rings. The van der Waals surface area contributed by atoms with Gasteiger partial charge in [-0.3, -0.25) is 0 Å². The molecule has 6 nitrogen and oxygen atoms in total. The predicted molar refractivity (Wildman–Crippen MR) is 106 cm³/mol. The van der Waals surface area contributed by atoms with Gasteiger partial charge in [0.1, 0.15) is 22.0 Å². The minimum absolute atomic E-state index is 0.360. The van der Waals surface area contributed by atoms with Crippen LogP contribution in [-0.4, -0.2) is 78.5 Å². The highest BCUT2D eigenvalue weighted by molar-refractivity contribution is 6.83. The van der Waals surface area contributed by atoms with Crippen LogP contribution in [0.3, 0.4) is 0 Å². The minimum Gasteiger partial charge on any atom is -0.442 e. The summed E-state index contributed by atoms with van der Waals surface area (Å²) < 4.78 is 34.2. The third-order valence-electron chi connectivity index (χ3n) is 4.13. The van der Waals surface area contributed by atoms with E-state index in [1.165, 1.54) is 0 Å². The van der Waals surface area contributed by atoms with Crippen molar-refractivity contribution >= 4 is 26.6 Å². The molecule has 2 aliphatic heterocycles. The molecular weight excluding hydrogens is 372 g/mol. The third kappa shape index (κ3) is 11.7. The van der Waals surface area contributed by atoms with E-state index < -0.39 is 26.6 Å². The molecule has 0 radical (unpaired) electrons. The Morgan fingerprint density at radius 3 is 2.04 bits per heavy atom. The summed E-state index contributed by atoms with van der Waals surface area (Å²) in [6.45, 7) is 13.8. The summed E-state index contributed by atoms with van der Waals surface area (Å²) in [4.78, 5) is 0.